The summed E-state index contributed by atoms with van der Waals surface area (Å²) in [4.78, 5) is 0. The van der Waals surface area contributed by atoms with Crippen molar-refractivity contribution in [3.63, 3.8) is 0 Å². The number of rotatable bonds is 5. The monoisotopic (exact) mass is 291 g/mol. The second-order valence-corrected chi connectivity index (χ2v) is 5.00. The van der Waals surface area contributed by atoms with Crippen LogP contribution in [0.3, 0.4) is 0 Å². The third-order valence-corrected chi connectivity index (χ3v) is 3.18. The summed E-state index contributed by atoms with van der Waals surface area (Å²) in [6.07, 6.45) is 0. The van der Waals surface area contributed by atoms with Crippen LogP contribution >= 0.6 is 11.6 Å². The zero-order chi connectivity index (χ0) is 14.5. The average Bonchev–Trinajstić information content (AvgIpc) is 2.42. The SMILES string of the molecule is CCOc1cc(C)ccc1NCc1cc(Cl)ccc1O. The van der Waals surface area contributed by atoms with E-state index in [1.807, 2.05) is 32.0 Å². The number of halogens is 1. The van der Waals surface area contributed by atoms with E-state index in [0.29, 0.717) is 18.2 Å². The van der Waals surface area contributed by atoms with Crippen LogP contribution in [0, 0.1) is 6.92 Å². The normalized spacial score (nSPS) is 10.3. The van der Waals surface area contributed by atoms with Gasteiger partial charge >= 0.3 is 0 Å². The summed E-state index contributed by atoms with van der Waals surface area (Å²) in [5.74, 6) is 1.04. The fourth-order valence-electron chi connectivity index (χ4n) is 1.94. The number of benzene rings is 2. The molecule has 0 amide bonds. The quantitative estimate of drug-likeness (QED) is 0.860. The summed E-state index contributed by atoms with van der Waals surface area (Å²) in [5, 5.41) is 13.7. The number of nitrogens with one attached hydrogen (secondary N) is 1. The van der Waals surface area contributed by atoms with E-state index in [1.165, 1.54) is 0 Å². The Labute approximate surface area is 124 Å². The molecular formula is C16H18ClNO2. The first kappa shape index (κ1) is 14.5. The van der Waals surface area contributed by atoms with Crippen molar-refractivity contribution in [3.05, 3.63) is 52.5 Å². The molecule has 0 aliphatic carbocycles. The summed E-state index contributed by atoms with van der Waals surface area (Å²) in [5.41, 5.74) is 2.79. The molecule has 0 spiro atoms. The molecule has 0 aliphatic heterocycles. The lowest BCUT2D eigenvalue weighted by Crippen LogP contribution is -2.03. The van der Waals surface area contributed by atoms with Crippen LogP contribution in [0.25, 0.3) is 0 Å². The van der Waals surface area contributed by atoms with Gasteiger partial charge in [-0.1, -0.05) is 17.7 Å². The van der Waals surface area contributed by atoms with Gasteiger partial charge in [0, 0.05) is 17.1 Å². The molecule has 0 aromatic heterocycles. The first-order chi connectivity index (χ1) is 9.60. The van der Waals surface area contributed by atoms with Crippen LogP contribution in [0.15, 0.2) is 36.4 Å². The van der Waals surface area contributed by atoms with E-state index in [-0.39, 0.29) is 5.75 Å². The third-order valence-electron chi connectivity index (χ3n) is 2.95. The molecule has 0 atom stereocenters. The van der Waals surface area contributed by atoms with Crippen LogP contribution in [0.5, 0.6) is 11.5 Å². The van der Waals surface area contributed by atoms with Crippen LogP contribution in [-0.2, 0) is 6.54 Å². The van der Waals surface area contributed by atoms with Crippen molar-refractivity contribution < 1.29 is 9.84 Å². The molecule has 0 heterocycles. The van der Waals surface area contributed by atoms with Crippen molar-refractivity contribution in [2.75, 3.05) is 11.9 Å². The van der Waals surface area contributed by atoms with Gasteiger partial charge in [-0.25, -0.2) is 0 Å². The molecular weight excluding hydrogens is 274 g/mol. The molecule has 0 aliphatic rings. The molecule has 0 saturated heterocycles. The summed E-state index contributed by atoms with van der Waals surface area (Å²) in [7, 11) is 0. The Morgan fingerprint density at radius 1 is 1.20 bits per heavy atom. The lowest BCUT2D eigenvalue weighted by molar-refractivity contribution is 0.341. The Kier molecular flexibility index (Phi) is 4.74. The Morgan fingerprint density at radius 3 is 2.75 bits per heavy atom. The fraction of sp³-hybridized carbons (Fsp3) is 0.250. The van der Waals surface area contributed by atoms with E-state index in [4.69, 9.17) is 16.3 Å². The molecule has 3 nitrogen and oxygen atoms in total. The van der Waals surface area contributed by atoms with Crippen LogP contribution in [0.2, 0.25) is 5.02 Å². The van der Waals surface area contributed by atoms with Gasteiger partial charge in [-0.05, 0) is 49.7 Å². The number of aryl methyl sites for hydroxylation is 1. The van der Waals surface area contributed by atoms with Crippen molar-refractivity contribution >= 4 is 17.3 Å². The third kappa shape index (κ3) is 3.58. The highest BCUT2D eigenvalue weighted by Crippen LogP contribution is 2.28. The number of phenols is 1. The molecule has 0 fully saturated rings. The number of aromatic hydroxyl groups is 1. The highest BCUT2D eigenvalue weighted by atomic mass is 35.5. The Balaban J connectivity index is 2.16. The smallest absolute Gasteiger partial charge is 0.142 e. The van der Waals surface area contributed by atoms with Crippen molar-refractivity contribution in [1.82, 2.24) is 0 Å². The van der Waals surface area contributed by atoms with E-state index in [0.717, 1.165) is 22.6 Å². The number of hydrogen-bond acceptors (Lipinski definition) is 3. The van der Waals surface area contributed by atoms with E-state index in [1.54, 1.807) is 18.2 Å². The fourth-order valence-corrected chi connectivity index (χ4v) is 2.13. The van der Waals surface area contributed by atoms with E-state index >= 15 is 0 Å². The molecule has 106 valence electrons. The van der Waals surface area contributed by atoms with E-state index in [2.05, 4.69) is 5.32 Å². The molecule has 4 heteroatoms. The molecule has 0 bridgehead atoms. The second-order valence-electron chi connectivity index (χ2n) is 4.56. The first-order valence-electron chi connectivity index (χ1n) is 6.55. The molecule has 0 radical (unpaired) electrons. The minimum Gasteiger partial charge on any atom is -0.508 e. The van der Waals surface area contributed by atoms with Gasteiger partial charge in [0.2, 0.25) is 0 Å². The number of ether oxygens (including phenoxy) is 1. The van der Waals surface area contributed by atoms with Gasteiger partial charge in [0.1, 0.15) is 11.5 Å². The molecule has 2 rings (SSSR count). The topological polar surface area (TPSA) is 41.5 Å². The van der Waals surface area contributed by atoms with Crippen LogP contribution < -0.4 is 10.1 Å². The number of hydrogen-bond donors (Lipinski definition) is 2. The standard InChI is InChI=1S/C16H18ClNO2/c1-3-20-16-8-11(2)4-6-14(16)18-10-12-9-13(17)5-7-15(12)19/h4-9,18-19H,3,10H2,1-2H3. The minimum atomic E-state index is 0.229. The molecule has 2 N–H and O–H groups in total. The maximum atomic E-state index is 9.80. The number of anilines is 1. The highest BCUT2D eigenvalue weighted by molar-refractivity contribution is 6.30. The highest BCUT2D eigenvalue weighted by Gasteiger charge is 2.06. The van der Waals surface area contributed by atoms with Gasteiger partial charge < -0.3 is 15.2 Å². The van der Waals surface area contributed by atoms with Gasteiger partial charge in [0.05, 0.1) is 12.3 Å². The average molecular weight is 292 g/mol. The Hall–Kier alpha value is -1.87. The summed E-state index contributed by atoms with van der Waals surface area (Å²) in [6.45, 7) is 5.07. The van der Waals surface area contributed by atoms with Crippen molar-refractivity contribution in [2.45, 2.75) is 20.4 Å². The first-order valence-corrected chi connectivity index (χ1v) is 6.92. The van der Waals surface area contributed by atoms with Gasteiger partial charge in [0.25, 0.3) is 0 Å². The second kappa shape index (κ2) is 6.53. The Bertz CT molecular complexity index is 599. The van der Waals surface area contributed by atoms with Crippen LogP contribution in [0.1, 0.15) is 18.1 Å². The van der Waals surface area contributed by atoms with E-state index < -0.39 is 0 Å². The zero-order valence-electron chi connectivity index (χ0n) is 11.6. The number of phenolic OH excluding ortho intramolecular Hbond substituents is 1. The zero-order valence-corrected chi connectivity index (χ0v) is 12.4. The molecule has 0 saturated carbocycles. The van der Waals surface area contributed by atoms with Gasteiger partial charge in [-0.3, -0.25) is 0 Å². The summed E-state index contributed by atoms with van der Waals surface area (Å²) < 4.78 is 5.61. The maximum absolute atomic E-state index is 9.80. The summed E-state index contributed by atoms with van der Waals surface area (Å²) in [6, 6.07) is 11.0. The van der Waals surface area contributed by atoms with Crippen molar-refractivity contribution in [1.29, 1.82) is 0 Å². The largest absolute Gasteiger partial charge is 0.508 e. The predicted molar refractivity (Wildman–Crippen MR) is 82.8 cm³/mol. The predicted octanol–water partition coefficient (Wildman–Crippen LogP) is 4.36. The van der Waals surface area contributed by atoms with Crippen molar-refractivity contribution in [3.8, 4) is 11.5 Å². The van der Waals surface area contributed by atoms with Gasteiger partial charge in [0.15, 0.2) is 0 Å². The van der Waals surface area contributed by atoms with Crippen LogP contribution in [-0.4, -0.2) is 11.7 Å². The van der Waals surface area contributed by atoms with Crippen LogP contribution in [0.4, 0.5) is 5.69 Å². The van der Waals surface area contributed by atoms with Gasteiger partial charge in [-0.2, -0.15) is 0 Å². The molecule has 2 aromatic rings. The minimum absolute atomic E-state index is 0.229. The van der Waals surface area contributed by atoms with E-state index in [9.17, 15) is 5.11 Å². The molecule has 0 unspecified atom stereocenters. The Morgan fingerprint density at radius 2 is 2.00 bits per heavy atom. The lowest BCUT2D eigenvalue weighted by atomic mass is 10.1. The molecule has 2 aromatic carbocycles. The van der Waals surface area contributed by atoms with Crippen molar-refractivity contribution in [2.24, 2.45) is 0 Å². The maximum Gasteiger partial charge on any atom is 0.142 e. The van der Waals surface area contributed by atoms with Gasteiger partial charge in [-0.15, -0.1) is 0 Å². The lowest BCUT2D eigenvalue weighted by Gasteiger charge is -2.14. The molecule has 20 heavy (non-hydrogen) atoms. The summed E-state index contributed by atoms with van der Waals surface area (Å²) >= 11 is 5.94.